The van der Waals surface area contributed by atoms with Crippen molar-refractivity contribution in [1.82, 2.24) is 4.57 Å². The SMILES string of the molecule is COc1ccc(C(=O)c2c(Cl)ccn2C)cc1. The van der Waals surface area contributed by atoms with Gasteiger partial charge in [-0.2, -0.15) is 0 Å². The third-order valence-corrected chi connectivity index (χ3v) is 2.90. The summed E-state index contributed by atoms with van der Waals surface area (Å²) in [4.78, 5) is 12.2. The molecule has 1 aromatic heterocycles. The largest absolute Gasteiger partial charge is 0.497 e. The maximum absolute atomic E-state index is 12.2. The van der Waals surface area contributed by atoms with Gasteiger partial charge < -0.3 is 9.30 Å². The fourth-order valence-electron chi connectivity index (χ4n) is 1.65. The number of rotatable bonds is 3. The van der Waals surface area contributed by atoms with Crippen LogP contribution in [0.5, 0.6) is 5.75 Å². The number of carbonyl (C=O) groups is 1. The van der Waals surface area contributed by atoms with Crippen molar-refractivity contribution in [3.8, 4) is 5.75 Å². The van der Waals surface area contributed by atoms with Gasteiger partial charge in [-0.3, -0.25) is 4.79 Å². The van der Waals surface area contributed by atoms with Crippen LogP contribution in [0.15, 0.2) is 36.5 Å². The highest BCUT2D eigenvalue weighted by Crippen LogP contribution is 2.21. The second kappa shape index (κ2) is 4.63. The summed E-state index contributed by atoms with van der Waals surface area (Å²) in [5.74, 6) is 0.629. The average molecular weight is 250 g/mol. The first-order valence-corrected chi connectivity index (χ1v) is 5.51. The summed E-state index contributed by atoms with van der Waals surface area (Å²) >= 11 is 5.98. The van der Waals surface area contributed by atoms with Gasteiger partial charge >= 0.3 is 0 Å². The lowest BCUT2D eigenvalue weighted by atomic mass is 10.1. The molecule has 17 heavy (non-hydrogen) atoms. The molecule has 2 aromatic rings. The molecule has 0 saturated carbocycles. The minimum absolute atomic E-state index is 0.0925. The predicted molar refractivity (Wildman–Crippen MR) is 66.8 cm³/mol. The summed E-state index contributed by atoms with van der Waals surface area (Å²) in [6.45, 7) is 0. The van der Waals surface area contributed by atoms with E-state index in [2.05, 4.69) is 0 Å². The van der Waals surface area contributed by atoms with Crippen LogP contribution in [-0.4, -0.2) is 17.5 Å². The Morgan fingerprint density at radius 1 is 1.24 bits per heavy atom. The van der Waals surface area contributed by atoms with Crippen molar-refractivity contribution in [3.63, 3.8) is 0 Å². The zero-order valence-electron chi connectivity index (χ0n) is 9.61. The molecule has 0 atom stereocenters. The van der Waals surface area contributed by atoms with Gasteiger partial charge in [0, 0.05) is 18.8 Å². The van der Waals surface area contributed by atoms with Crippen LogP contribution in [-0.2, 0) is 7.05 Å². The third kappa shape index (κ3) is 2.19. The highest BCUT2D eigenvalue weighted by atomic mass is 35.5. The maximum atomic E-state index is 12.2. The molecule has 0 bridgehead atoms. The van der Waals surface area contributed by atoms with E-state index in [9.17, 15) is 4.79 Å². The number of ether oxygens (including phenoxy) is 1. The van der Waals surface area contributed by atoms with Crippen LogP contribution in [0.2, 0.25) is 5.02 Å². The van der Waals surface area contributed by atoms with Crippen LogP contribution in [0.4, 0.5) is 0 Å². The van der Waals surface area contributed by atoms with Crippen molar-refractivity contribution in [2.75, 3.05) is 7.11 Å². The molecule has 0 fully saturated rings. The molecule has 4 heteroatoms. The number of hydrogen-bond acceptors (Lipinski definition) is 2. The van der Waals surface area contributed by atoms with Crippen LogP contribution in [0, 0.1) is 0 Å². The molecule has 0 unspecified atom stereocenters. The molecular weight excluding hydrogens is 238 g/mol. The summed E-state index contributed by atoms with van der Waals surface area (Å²) < 4.78 is 6.76. The Morgan fingerprint density at radius 3 is 2.35 bits per heavy atom. The highest BCUT2D eigenvalue weighted by Gasteiger charge is 2.16. The van der Waals surface area contributed by atoms with Crippen LogP contribution < -0.4 is 4.74 Å². The lowest BCUT2D eigenvalue weighted by Gasteiger charge is -2.05. The van der Waals surface area contributed by atoms with E-state index in [0.29, 0.717) is 16.3 Å². The molecule has 3 nitrogen and oxygen atoms in total. The molecule has 0 N–H and O–H groups in total. The molecule has 1 heterocycles. The van der Waals surface area contributed by atoms with E-state index in [1.807, 2.05) is 0 Å². The van der Waals surface area contributed by atoms with Gasteiger partial charge in [0.1, 0.15) is 11.4 Å². The first-order chi connectivity index (χ1) is 8.13. The Morgan fingerprint density at radius 2 is 1.88 bits per heavy atom. The number of ketones is 1. The Hall–Kier alpha value is -1.74. The Bertz CT molecular complexity index is 524. The van der Waals surface area contributed by atoms with Crippen LogP contribution in [0.25, 0.3) is 0 Å². The number of aromatic nitrogens is 1. The topological polar surface area (TPSA) is 31.2 Å². The van der Waals surface area contributed by atoms with Gasteiger partial charge in [-0.05, 0) is 30.3 Å². The number of carbonyl (C=O) groups excluding carboxylic acids is 1. The predicted octanol–water partition coefficient (Wildman–Crippen LogP) is 2.92. The second-order valence-corrected chi connectivity index (χ2v) is 4.09. The van der Waals surface area contributed by atoms with Gasteiger partial charge in [-0.15, -0.1) is 0 Å². The molecule has 0 spiro atoms. The first-order valence-electron chi connectivity index (χ1n) is 5.13. The monoisotopic (exact) mass is 249 g/mol. The molecule has 0 aliphatic heterocycles. The molecule has 0 saturated heterocycles. The van der Waals surface area contributed by atoms with E-state index in [1.54, 1.807) is 55.3 Å². The van der Waals surface area contributed by atoms with E-state index in [-0.39, 0.29) is 5.78 Å². The summed E-state index contributed by atoms with van der Waals surface area (Å²) in [6, 6.07) is 8.67. The first kappa shape index (κ1) is 11.7. The number of nitrogens with zero attached hydrogens (tertiary/aromatic N) is 1. The third-order valence-electron chi connectivity index (χ3n) is 2.59. The summed E-state index contributed by atoms with van der Waals surface area (Å²) in [6.07, 6.45) is 1.76. The van der Waals surface area contributed by atoms with Crippen molar-refractivity contribution in [3.05, 3.63) is 52.8 Å². The van der Waals surface area contributed by atoms with Gasteiger partial charge in [0.2, 0.25) is 5.78 Å². The zero-order chi connectivity index (χ0) is 12.4. The number of halogens is 1. The normalized spacial score (nSPS) is 10.3. The molecule has 0 aliphatic carbocycles. The molecule has 0 radical (unpaired) electrons. The van der Waals surface area contributed by atoms with Crippen LogP contribution >= 0.6 is 11.6 Å². The minimum Gasteiger partial charge on any atom is -0.497 e. The zero-order valence-corrected chi connectivity index (χ0v) is 10.4. The van der Waals surface area contributed by atoms with E-state index in [1.165, 1.54) is 0 Å². The highest BCUT2D eigenvalue weighted by molar-refractivity contribution is 6.34. The van der Waals surface area contributed by atoms with Crippen molar-refractivity contribution in [2.24, 2.45) is 7.05 Å². The molecule has 0 amide bonds. The maximum Gasteiger partial charge on any atom is 0.210 e. The van der Waals surface area contributed by atoms with Crippen molar-refractivity contribution < 1.29 is 9.53 Å². The van der Waals surface area contributed by atoms with Crippen LogP contribution in [0.1, 0.15) is 16.1 Å². The average Bonchev–Trinajstić information content (AvgIpc) is 2.68. The minimum atomic E-state index is -0.0925. The number of hydrogen-bond donors (Lipinski definition) is 0. The molecule has 1 aromatic carbocycles. The van der Waals surface area contributed by atoms with Crippen molar-refractivity contribution >= 4 is 17.4 Å². The molecule has 2 rings (SSSR count). The fourth-order valence-corrected chi connectivity index (χ4v) is 1.92. The van der Waals surface area contributed by atoms with Gasteiger partial charge in [-0.25, -0.2) is 0 Å². The standard InChI is InChI=1S/C13H12ClNO2/c1-15-8-7-11(14)12(15)13(16)9-3-5-10(17-2)6-4-9/h3-8H,1-2H3. The fraction of sp³-hybridized carbons (Fsp3) is 0.154. The number of methoxy groups -OCH3 is 1. The van der Waals surface area contributed by atoms with Crippen molar-refractivity contribution in [1.29, 1.82) is 0 Å². The van der Waals surface area contributed by atoms with E-state index < -0.39 is 0 Å². The van der Waals surface area contributed by atoms with Gasteiger partial charge in [0.05, 0.1) is 12.1 Å². The smallest absolute Gasteiger partial charge is 0.210 e. The summed E-state index contributed by atoms with van der Waals surface area (Å²) in [7, 11) is 3.38. The van der Waals surface area contributed by atoms with Crippen molar-refractivity contribution in [2.45, 2.75) is 0 Å². The Balaban J connectivity index is 2.37. The summed E-state index contributed by atoms with van der Waals surface area (Å²) in [5, 5.41) is 0.466. The second-order valence-electron chi connectivity index (χ2n) is 3.68. The molecule has 88 valence electrons. The Labute approximate surface area is 105 Å². The quantitative estimate of drug-likeness (QED) is 0.784. The van der Waals surface area contributed by atoms with Gasteiger partial charge in [-0.1, -0.05) is 11.6 Å². The van der Waals surface area contributed by atoms with Gasteiger partial charge in [0.25, 0.3) is 0 Å². The number of aryl methyl sites for hydroxylation is 1. The van der Waals surface area contributed by atoms with E-state index in [4.69, 9.17) is 16.3 Å². The van der Waals surface area contributed by atoms with Gasteiger partial charge in [0.15, 0.2) is 0 Å². The molecular formula is C13H12ClNO2. The van der Waals surface area contributed by atoms with E-state index >= 15 is 0 Å². The van der Waals surface area contributed by atoms with E-state index in [0.717, 1.165) is 5.75 Å². The lowest BCUT2D eigenvalue weighted by molar-refractivity contribution is 0.103. The molecule has 0 aliphatic rings. The number of benzene rings is 1. The Kier molecular flexibility index (Phi) is 3.20. The summed E-state index contributed by atoms with van der Waals surface area (Å²) in [5.41, 5.74) is 1.09. The lowest BCUT2D eigenvalue weighted by Crippen LogP contribution is -2.07. The van der Waals surface area contributed by atoms with Crippen LogP contribution in [0.3, 0.4) is 0 Å².